The van der Waals surface area contributed by atoms with Gasteiger partial charge in [-0.05, 0) is 61.0 Å². The van der Waals surface area contributed by atoms with E-state index in [1.165, 1.54) is 17.7 Å². The van der Waals surface area contributed by atoms with Gasteiger partial charge in [-0.25, -0.2) is 17.7 Å². The molecule has 32 heavy (non-hydrogen) atoms. The zero-order chi connectivity index (χ0) is 22.5. The number of aromatic nitrogens is 1. The van der Waals surface area contributed by atoms with Gasteiger partial charge in [-0.2, -0.15) is 0 Å². The third kappa shape index (κ3) is 3.45. The summed E-state index contributed by atoms with van der Waals surface area (Å²) in [5, 5.41) is 3.52. The number of anilines is 1. The van der Waals surface area contributed by atoms with Gasteiger partial charge in [-0.3, -0.25) is 9.59 Å². The van der Waals surface area contributed by atoms with Crippen molar-refractivity contribution in [2.24, 2.45) is 0 Å². The van der Waals surface area contributed by atoms with Gasteiger partial charge in [0.05, 0.1) is 15.8 Å². The molecule has 0 saturated carbocycles. The summed E-state index contributed by atoms with van der Waals surface area (Å²) in [6.45, 7) is 1.45. The second-order valence-corrected chi connectivity index (χ2v) is 10.3. The predicted molar refractivity (Wildman–Crippen MR) is 123 cm³/mol. The molecule has 0 saturated heterocycles. The molecule has 160 valence electrons. The summed E-state index contributed by atoms with van der Waals surface area (Å²) in [7, 11) is -4.03. The van der Waals surface area contributed by atoms with Crippen molar-refractivity contribution in [3.8, 4) is 10.6 Å². The van der Waals surface area contributed by atoms with Crippen LogP contribution in [0.1, 0.15) is 15.9 Å². The topological polar surface area (TPSA) is 96.4 Å². The summed E-state index contributed by atoms with van der Waals surface area (Å²) in [4.78, 5) is 29.5. The first-order chi connectivity index (χ1) is 15.3. The fourth-order valence-electron chi connectivity index (χ4n) is 3.57. The summed E-state index contributed by atoms with van der Waals surface area (Å²) in [5.74, 6) is -1.30. The number of thiazole rings is 1. The first kappa shape index (κ1) is 20.3. The van der Waals surface area contributed by atoms with E-state index in [-0.39, 0.29) is 10.5 Å². The Kier molecular flexibility index (Phi) is 4.79. The minimum Gasteiger partial charge on any atom is -0.325 e. The zero-order valence-electron chi connectivity index (χ0n) is 16.9. The van der Waals surface area contributed by atoms with Gasteiger partial charge in [-0.15, -0.1) is 11.3 Å². The number of hydrogen-bond acceptors (Lipinski definition) is 6. The van der Waals surface area contributed by atoms with Crippen LogP contribution in [0.3, 0.4) is 0 Å². The molecule has 5 rings (SSSR count). The molecule has 4 aromatic rings. The van der Waals surface area contributed by atoms with Crippen LogP contribution in [0.5, 0.6) is 0 Å². The number of amides is 2. The summed E-state index contributed by atoms with van der Waals surface area (Å²) in [6.07, 6.45) is 0. The lowest BCUT2D eigenvalue weighted by molar-refractivity contribution is -0.116. The van der Waals surface area contributed by atoms with Crippen LogP contribution in [0.25, 0.3) is 20.8 Å². The molecule has 7 nitrogen and oxygen atoms in total. The third-order valence-corrected chi connectivity index (χ3v) is 8.01. The van der Waals surface area contributed by atoms with E-state index in [0.717, 1.165) is 20.8 Å². The molecule has 2 amide bonds. The highest BCUT2D eigenvalue weighted by Gasteiger charge is 2.41. The lowest BCUT2D eigenvalue weighted by atomic mass is 10.2. The Morgan fingerprint density at radius 1 is 1.06 bits per heavy atom. The highest BCUT2D eigenvalue weighted by molar-refractivity contribution is 7.90. The van der Waals surface area contributed by atoms with Crippen LogP contribution in [-0.2, 0) is 14.8 Å². The average Bonchev–Trinajstić information content (AvgIpc) is 3.27. The SMILES string of the molecule is Cc1ccc2nc(-c3ccc(NC(=O)CN4C(=O)c5ccccc5S4(=O)=O)cc3)sc2c1. The van der Waals surface area contributed by atoms with Gasteiger partial charge in [0.2, 0.25) is 5.91 Å². The lowest BCUT2D eigenvalue weighted by Crippen LogP contribution is -2.37. The molecule has 0 aliphatic carbocycles. The Labute approximate surface area is 188 Å². The third-order valence-electron chi connectivity index (χ3n) is 5.16. The maximum absolute atomic E-state index is 12.6. The van der Waals surface area contributed by atoms with E-state index in [1.54, 1.807) is 35.6 Å². The molecule has 0 radical (unpaired) electrons. The Morgan fingerprint density at radius 2 is 1.81 bits per heavy atom. The summed E-state index contributed by atoms with van der Waals surface area (Å²) < 4.78 is 26.9. The van der Waals surface area contributed by atoms with Crippen molar-refractivity contribution in [2.45, 2.75) is 11.8 Å². The van der Waals surface area contributed by atoms with E-state index in [2.05, 4.69) is 16.4 Å². The summed E-state index contributed by atoms with van der Waals surface area (Å²) >= 11 is 1.59. The van der Waals surface area contributed by atoms with Gasteiger partial charge in [-0.1, -0.05) is 18.2 Å². The molecule has 1 aromatic heterocycles. The van der Waals surface area contributed by atoms with Crippen molar-refractivity contribution in [2.75, 3.05) is 11.9 Å². The van der Waals surface area contributed by atoms with Gasteiger partial charge in [0.25, 0.3) is 15.9 Å². The number of carbonyl (C=O) groups excluding carboxylic acids is 2. The van der Waals surface area contributed by atoms with Crippen LogP contribution < -0.4 is 5.32 Å². The Hall–Kier alpha value is -3.56. The van der Waals surface area contributed by atoms with E-state index in [0.29, 0.717) is 9.99 Å². The molecular weight excluding hydrogens is 446 g/mol. The van der Waals surface area contributed by atoms with Gasteiger partial charge in [0.15, 0.2) is 0 Å². The largest absolute Gasteiger partial charge is 0.325 e. The van der Waals surface area contributed by atoms with E-state index < -0.39 is 28.4 Å². The number of aryl methyl sites for hydroxylation is 1. The molecule has 0 unspecified atom stereocenters. The normalized spacial score (nSPS) is 14.5. The van der Waals surface area contributed by atoms with Crippen molar-refractivity contribution in [3.63, 3.8) is 0 Å². The molecule has 1 aliphatic rings. The number of sulfonamides is 1. The molecule has 9 heteroatoms. The number of fused-ring (bicyclic) bond motifs is 2. The van der Waals surface area contributed by atoms with E-state index in [9.17, 15) is 18.0 Å². The fourth-order valence-corrected chi connectivity index (χ4v) is 6.16. The second-order valence-electron chi connectivity index (χ2n) is 7.43. The quantitative estimate of drug-likeness (QED) is 0.492. The number of hydrogen-bond donors (Lipinski definition) is 1. The first-order valence-electron chi connectivity index (χ1n) is 9.76. The van der Waals surface area contributed by atoms with Gasteiger partial charge in [0.1, 0.15) is 16.4 Å². The highest BCUT2D eigenvalue weighted by atomic mass is 32.2. The van der Waals surface area contributed by atoms with Crippen LogP contribution in [0.4, 0.5) is 5.69 Å². The van der Waals surface area contributed by atoms with Crippen LogP contribution in [0.15, 0.2) is 71.6 Å². The molecule has 0 atom stereocenters. The van der Waals surface area contributed by atoms with Gasteiger partial charge >= 0.3 is 0 Å². The van der Waals surface area contributed by atoms with E-state index in [4.69, 9.17) is 0 Å². The molecular formula is C23H17N3O4S2. The maximum Gasteiger partial charge on any atom is 0.269 e. The number of carbonyl (C=O) groups is 2. The molecule has 2 heterocycles. The molecule has 0 bridgehead atoms. The second kappa shape index (κ2) is 7.54. The molecule has 0 fully saturated rings. The minimum absolute atomic E-state index is 0.0758. The standard InChI is InChI=1S/C23H17N3O4S2/c1-14-6-11-18-19(12-14)31-22(25-18)15-7-9-16(10-8-15)24-21(27)13-26-23(28)17-4-2-3-5-20(17)32(26,29)30/h2-12H,13H2,1H3,(H,24,27). The lowest BCUT2D eigenvalue weighted by Gasteiger charge is -2.14. The van der Waals surface area contributed by atoms with Crippen molar-refractivity contribution in [1.82, 2.24) is 9.29 Å². The molecule has 1 N–H and O–H groups in total. The monoisotopic (exact) mass is 463 g/mol. The average molecular weight is 464 g/mol. The van der Waals surface area contributed by atoms with E-state index >= 15 is 0 Å². The molecule has 3 aromatic carbocycles. The fraction of sp³-hybridized carbons (Fsp3) is 0.0870. The zero-order valence-corrected chi connectivity index (χ0v) is 18.5. The van der Waals surface area contributed by atoms with Crippen LogP contribution in [-0.4, -0.2) is 36.1 Å². The van der Waals surface area contributed by atoms with Crippen LogP contribution >= 0.6 is 11.3 Å². The van der Waals surface area contributed by atoms with Crippen molar-refractivity contribution >= 4 is 49.1 Å². The molecule has 0 spiro atoms. The predicted octanol–water partition coefficient (Wildman–Crippen LogP) is 4.05. The first-order valence-corrected chi connectivity index (χ1v) is 12.0. The Balaban J connectivity index is 1.31. The Bertz CT molecular complexity index is 1490. The highest BCUT2D eigenvalue weighted by Crippen LogP contribution is 2.32. The van der Waals surface area contributed by atoms with Crippen molar-refractivity contribution in [1.29, 1.82) is 0 Å². The number of nitrogens with zero attached hydrogens (tertiary/aromatic N) is 2. The van der Waals surface area contributed by atoms with Gasteiger partial charge < -0.3 is 5.32 Å². The number of nitrogens with one attached hydrogen (secondary N) is 1. The maximum atomic E-state index is 12.6. The number of benzene rings is 3. The smallest absolute Gasteiger partial charge is 0.269 e. The van der Waals surface area contributed by atoms with Crippen molar-refractivity contribution < 1.29 is 18.0 Å². The Morgan fingerprint density at radius 3 is 2.56 bits per heavy atom. The van der Waals surface area contributed by atoms with Crippen LogP contribution in [0, 0.1) is 6.92 Å². The van der Waals surface area contributed by atoms with E-state index in [1.807, 2.05) is 31.2 Å². The summed E-state index contributed by atoms with van der Waals surface area (Å²) in [6, 6.07) is 19.2. The summed E-state index contributed by atoms with van der Waals surface area (Å²) in [5.41, 5.74) is 3.60. The van der Waals surface area contributed by atoms with Crippen LogP contribution in [0.2, 0.25) is 0 Å². The minimum atomic E-state index is -4.03. The van der Waals surface area contributed by atoms with Gasteiger partial charge in [0, 0.05) is 11.3 Å². The molecule has 1 aliphatic heterocycles. The van der Waals surface area contributed by atoms with Crippen molar-refractivity contribution in [3.05, 3.63) is 77.9 Å². The number of rotatable bonds is 4.